The van der Waals surface area contributed by atoms with E-state index in [1.165, 1.54) is 30.6 Å². The van der Waals surface area contributed by atoms with Gasteiger partial charge in [0.05, 0.1) is 21.3 Å². The molecule has 15 heteroatoms. The maximum absolute atomic E-state index is 16.8. The zero-order chi connectivity index (χ0) is 32.2. The standard InChI is InChI=1S/C30H27ClF3N9OS/c1-13(24-27(36)39-7-6-38-24)43(3)29-17-9-19(31)22(16-4-5-20(33)26-21(16)18(10-35)28(37)45-26)23(34)25(17)40-30(41-29)44-12-15-8-14(32)11-42(15)2/h4-7,9,13-15H,8,11-12,37H2,1-3H3,(H2,36,39)/t13-,14-,15+/m1/s1. The van der Waals surface area contributed by atoms with Gasteiger partial charge in [-0.25, -0.2) is 18.2 Å². The van der Waals surface area contributed by atoms with Gasteiger partial charge in [-0.1, -0.05) is 17.7 Å². The van der Waals surface area contributed by atoms with Crippen molar-refractivity contribution in [1.82, 2.24) is 24.8 Å². The number of benzene rings is 2. The molecule has 1 aliphatic heterocycles. The molecule has 232 valence electrons. The molecule has 0 aliphatic carbocycles. The van der Waals surface area contributed by atoms with Gasteiger partial charge in [0.1, 0.15) is 52.5 Å². The predicted octanol–water partition coefficient (Wildman–Crippen LogP) is 5.89. The molecule has 2 aromatic carbocycles. The van der Waals surface area contributed by atoms with Crippen LogP contribution in [0.3, 0.4) is 0 Å². The molecule has 6 rings (SSSR count). The first-order valence-electron chi connectivity index (χ1n) is 13.9. The van der Waals surface area contributed by atoms with Crippen molar-refractivity contribution < 1.29 is 17.9 Å². The van der Waals surface area contributed by atoms with Gasteiger partial charge >= 0.3 is 6.01 Å². The molecule has 1 fully saturated rings. The Kier molecular flexibility index (Phi) is 8.02. The SMILES string of the molecule is C[C@H](c1nccnc1N)N(C)c1nc(OC[C@@H]2C[C@@H](F)CN2C)nc2c(F)c(-c3ccc(F)c4sc(N)c(C#N)c34)c(Cl)cc12. The number of hydrogen-bond acceptors (Lipinski definition) is 11. The van der Waals surface area contributed by atoms with Crippen LogP contribution in [0.15, 0.2) is 30.6 Å². The number of nitriles is 1. The van der Waals surface area contributed by atoms with E-state index in [0.29, 0.717) is 5.69 Å². The third kappa shape index (κ3) is 5.30. The lowest BCUT2D eigenvalue weighted by molar-refractivity contribution is 0.188. The van der Waals surface area contributed by atoms with Crippen molar-refractivity contribution in [3.8, 4) is 23.2 Å². The van der Waals surface area contributed by atoms with Crippen molar-refractivity contribution in [2.75, 3.05) is 43.6 Å². The monoisotopic (exact) mass is 653 g/mol. The number of likely N-dealkylation sites (tertiary alicyclic amines) is 1. The van der Waals surface area contributed by atoms with Gasteiger partial charge in [0.2, 0.25) is 0 Å². The van der Waals surface area contributed by atoms with E-state index in [1.54, 1.807) is 19.0 Å². The molecule has 10 nitrogen and oxygen atoms in total. The summed E-state index contributed by atoms with van der Waals surface area (Å²) in [6.07, 6.45) is 2.28. The third-order valence-electron chi connectivity index (χ3n) is 8.15. The highest BCUT2D eigenvalue weighted by Crippen LogP contribution is 2.46. The zero-order valence-electron chi connectivity index (χ0n) is 24.4. The number of hydrogen-bond donors (Lipinski definition) is 2. The van der Waals surface area contributed by atoms with Gasteiger partial charge in [-0.15, -0.1) is 11.3 Å². The quantitative estimate of drug-likeness (QED) is 0.218. The van der Waals surface area contributed by atoms with Crippen LogP contribution >= 0.6 is 22.9 Å². The van der Waals surface area contributed by atoms with Crippen LogP contribution in [0.5, 0.6) is 6.01 Å². The predicted molar refractivity (Wildman–Crippen MR) is 169 cm³/mol. The van der Waals surface area contributed by atoms with Crippen LogP contribution in [0.25, 0.3) is 32.1 Å². The summed E-state index contributed by atoms with van der Waals surface area (Å²) in [4.78, 5) is 21.1. The lowest BCUT2D eigenvalue weighted by atomic mass is 9.97. The van der Waals surface area contributed by atoms with Gasteiger partial charge in [-0.05, 0) is 38.1 Å². The van der Waals surface area contributed by atoms with Crippen LogP contribution < -0.4 is 21.1 Å². The van der Waals surface area contributed by atoms with Crippen molar-refractivity contribution in [3.63, 3.8) is 0 Å². The number of fused-ring (bicyclic) bond motifs is 2. The van der Waals surface area contributed by atoms with Crippen LogP contribution in [0.4, 0.5) is 29.8 Å². The van der Waals surface area contributed by atoms with Crippen molar-refractivity contribution in [3.05, 3.63) is 58.5 Å². The second-order valence-corrected chi connectivity index (χ2v) is 12.3. The number of thiophene rings is 1. The van der Waals surface area contributed by atoms with Crippen LogP contribution in [-0.4, -0.2) is 64.3 Å². The summed E-state index contributed by atoms with van der Waals surface area (Å²) in [6.45, 7) is 2.17. The molecule has 0 bridgehead atoms. The Morgan fingerprint density at radius 3 is 2.69 bits per heavy atom. The first-order chi connectivity index (χ1) is 21.5. The number of halogens is 4. The Morgan fingerprint density at radius 1 is 1.24 bits per heavy atom. The zero-order valence-corrected chi connectivity index (χ0v) is 25.9. The Labute approximate surface area is 265 Å². The number of nitrogens with two attached hydrogens (primary N) is 2. The lowest BCUT2D eigenvalue weighted by Gasteiger charge is -2.28. The van der Waals surface area contributed by atoms with Crippen molar-refractivity contribution in [1.29, 1.82) is 5.26 Å². The summed E-state index contributed by atoms with van der Waals surface area (Å²) in [7, 11) is 3.52. The highest BCUT2D eigenvalue weighted by atomic mass is 35.5. The molecule has 1 saturated heterocycles. The molecule has 3 atom stereocenters. The number of nitrogen functional groups attached to an aromatic ring is 2. The van der Waals surface area contributed by atoms with Crippen LogP contribution in [0.1, 0.15) is 30.6 Å². The highest BCUT2D eigenvalue weighted by Gasteiger charge is 2.31. The second kappa shape index (κ2) is 11.8. The van der Waals surface area contributed by atoms with Crippen LogP contribution in [0.2, 0.25) is 5.02 Å². The normalized spacial score (nSPS) is 17.6. The number of nitrogens with zero attached hydrogens (tertiary/aromatic N) is 7. The molecule has 4 heterocycles. The van der Waals surface area contributed by atoms with Gasteiger partial charge in [-0.2, -0.15) is 15.2 Å². The summed E-state index contributed by atoms with van der Waals surface area (Å²) in [5.41, 5.74) is 12.6. The van der Waals surface area contributed by atoms with Gasteiger partial charge in [0.15, 0.2) is 5.82 Å². The number of likely N-dealkylation sites (N-methyl/N-ethyl adjacent to an activating group) is 1. The van der Waals surface area contributed by atoms with E-state index in [4.69, 9.17) is 27.8 Å². The lowest BCUT2D eigenvalue weighted by Crippen LogP contribution is -2.31. The highest BCUT2D eigenvalue weighted by molar-refractivity contribution is 7.23. The fourth-order valence-electron chi connectivity index (χ4n) is 5.67. The Hall–Kier alpha value is -4.45. The molecule has 5 aromatic rings. The average molecular weight is 654 g/mol. The molecule has 4 N–H and O–H groups in total. The number of ether oxygens (including phenoxy) is 1. The van der Waals surface area contributed by atoms with E-state index in [9.17, 15) is 14.0 Å². The Bertz CT molecular complexity index is 2000. The van der Waals surface area contributed by atoms with Crippen molar-refractivity contribution in [2.45, 2.75) is 31.6 Å². The second-order valence-electron chi connectivity index (χ2n) is 10.9. The van der Waals surface area contributed by atoms with Gasteiger partial charge < -0.3 is 21.1 Å². The van der Waals surface area contributed by atoms with E-state index < -0.39 is 23.8 Å². The molecular weight excluding hydrogens is 627 g/mol. The molecule has 0 saturated carbocycles. The van der Waals surface area contributed by atoms with E-state index in [-0.39, 0.29) is 91.0 Å². The van der Waals surface area contributed by atoms with Gasteiger partial charge in [-0.3, -0.25) is 9.88 Å². The Balaban J connectivity index is 1.55. The van der Waals surface area contributed by atoms with E-state index in [2.05, 4.69) is 19.9 Å². The van der Waals surface area contributed by atoms with Crippen molar-refractivity contribution >= 4 is 60.6 Å². The van der Waals surface area contributed by atoms with E-state index in [0.717, 1.165) is 11.3 Å². The number of rotatable bonds is 7. The molecule has 0 radical (unpaired) electrons. The van der Waals surface area contributed by atoms with Crippen LogP contribution in [-0.2, 0) is 0 Å². The summed E-state index contributed by atoms with van der Waals surface area (Å²) in [5.74, 6) is -0.970. The fraction of sp³-hybridized carbons (Fsp3) is 0.300. The first kappa shape index (κ1) is 30.6. The number of anilines is 3. The summed E-state index contributed by atoms with van der Waals surface area (Å²) in [5, 5.41) is 10.3. The van der Waals surface area contributed by atoms with Gasteiger partial charge in [0, 0.05) is 48.4 Å². The Morgan fingerprint density at radius 2 is 2.00 bits per heavy atom. The first-order valence-corrected chi connectivity index (χ1v) is 15.1. The minimum absolute atomic E-state index is 0.0226. The average Bonchev–Trinajstić information content (AvgIpc) is 3.53. The maximum atomic E-state index is 16.8. The summed E-state index contributed by atoms with van der Waals surface area (Å²) < 4.78 is 51.7. The molecule has 0 amide bonds. The van der Waals surface area contributed by atoms with E-state index >= 15 is 4.39 Å². The smallest absolute Gasteiger partial charge is 0.319 e. The maximum Gasteiger partial charge on any atom is 0.319 e. The summed E-state index contributed by atoms with van der Waals surface area (Å²) >= 11 is 7.66. The molecule has 1 aliphatic rings. The third-order valence-corrected chi connectivity index (χ3v) is 9.48. The minimum Gasteiger partial charge on any atom is -0.462 e. The largest absolute Gasteiger partial charge is 0.462 e. The fourth-order valence-corrected chi connectivity index (χ4v) is 6.92. The van der Waals surface area contributed by atoms with Crippen molar-refractivity contribution in [2.24, 2.45) is 0 Å². The van der Waals surface area contributed by atoms with Crippen LogP contribution in [0, 0.1) is 23.0 Å². The molecular formula is C30H27ClF3N9OS. The number of alkyl halides is 1. The van der Waals surface area contributed by atoms with Gasteiger partial charge in [0.25, 0.3) is 0 Å². The minimum atomic E-state index is -0.986. The number of aromatic nitrogens is 4. The topological polar surface area (TPSA) is 143 Å². The molecule has 3 aromatic heterocycles. The molecule has 0 spiro atoms. The molecule has 45 heavy (non-hydrogen) atoms. The summed E-state index contributed by atoms with van der Waals surface area (Å²) in [6, 6.07) is 5.17. The van der Waals surface area contributed by atoms with E-state index in [1.807, 2.05) is 17.9 Å². The molecule has 0 unspecified atom stereocenters.